The molecule has 0 fully saturated rings. The van der Waals surface area contributed by atoms with E-state index in [0.29, 0.717) is 11.8 Å². The number of rotatable bonds is 2. The van der Waals surface area contributed by atoms with Crippen LogP contribution in [0.4, 0.5) is 0 Å². The Labute approximate surface area is 74.8 Å². The monoisotopic (exact) mass is 166 g/mol. The molecule has 0 saturated carbocycles. The van der Waals surface area contributed by atoms with Crippen molar-refractivity contribution in [3.05, 3.63) is 11.3 Å². The highest BCUT2D eigenvalue weighted by Crippen LogP contribution is 2.19. The minimum atomic E-state index is 0.568. The van der Waals surface area contributed by atoms with Gasteiger partial charge in [0.1, 0.15) is 6.67 Å². The second-order valence-electron chi connectivity index (χ2n) is 3.82. The van der Waals surface area contributed by atoms with Crippen molar-refractivity contribution in [2.24, 2.45) is 16.8 Å². The summed E-state index contributed by atoms with van der Waals surface area (Å²) in [5.74, 6) is 1.15. The average Bonchev–Trinajstić information content (AvgIpc) is 2.04. The second-order valence-corrected chi connectivity index (χ2v) is 3.82. The Morgan fingerprint density at radius 3 is 2.33 bits per heavy atom. The van der Waals surface area contributed by atoms with E-state index in [0.717, 1.165) is 6.67 Å². The fourth-order valence-corrected chi connectivity index (χ4v) is 1.44. The van der Waals surface area contributed by atoms with E-state index >= 15 is 0 Å². The summed E-state index contributed by atoms with van der Waals surface area (Å²) in [6.45, 7) is 9.57. The largest absolute Gasteiger partial charge is 0.369 e. The van der Waals surface area contributed by atoms with Crippen molar-refractivity contribution in [1.29, 1.82) is 0 Å². The number of allylic oxidation sites excluding steroid dienone is 2. The Kier molecular flexibility index (Phi) is 2.90. The van der Waals surface area contributed by atoms with Crippen LogP contribution < -0.4 is 5.32 Å². The maximum Gasteiger partial charge on any atom is 0.107 e. The van der Waals surface area contributed by atoms with Crippen molar-refractivity contribution in [3.63, 3.8) is 0 Å². The number of hydrogen-bond acceptors (Lipinski definition) is 2. The minimum Gasteiger partial charge on any atom is -0.369 e. The summed E-state index contributed by atoms with van der Waals surface area (Å²) in [4.78, 5) is 4.22. The zero-order chi connectivity index (χ0) is 9.14. The zero-order valence-electron chi connectivity index (χ0n) is 8.39. The highest BCUT2D eigenvalue weighted by atomic mass is 15.0. The van der Waals surface area contributed by atoms with Gasteiger partial charge in [-0.1, -0.05) is 27.7 Å². The summed E-state index contributed by atoms with van der Waals surface area (Å²) in [7, 11) is 0. The molecule has 2 nitrogen and oxygen atoms in total. The zero-order valence-corrected chi connectivity index (χ0v) is 8.39. The molecule has 0 aliphatic carbocycles. The molecule has 1 rings (SSSR count). The molecule has 0 radical (unpaired) electrons. The van der Waals surface area contributed by atoms with Gasteiger partial charge in [-0.15, -0.1) is 0 Å². The normalized spacial score (nSPS) is 17.5. The number of nitrogens with one attached hydrogen (secondary N) is 1. The lowest BCUT2D eigenvalue weighted by atomic mass is 9.96. The van der Waals surface area contributed by atoms with Gasteiger partial charge in [0, 0.05) is 11.9 Å². The molecule has 1 heterocycles. The molecule has 0 unspecified atom stereocenters. The molecule has 0 atom stereocenters. The molecule has 0 aromatic rings. The first-order chi connectivity index (χ1) is 5.63. The molecule has 0 amide bonds. The Bertz CT molecular complexity index is 212. The van der Waals surface area contributed by atoms with Crippen molar-refractivity contribution in [2.75, 3.05) is 6.67 Å². The summed E-state index contributed by atoms with van der Waals surface area (Å²) in [5.41, 5.74) is 2.72. The van der Waals surface area contributed by atoms with Crippen LogP contribution in [0.25, 0.3) is 0 Å². The van der Waals surface area contributed by atoms with E-state index in [1.54, 1.807) is 0 Å². The highest BCUT2D eigenvalue weighted by molar-refractivity contribution is 5.81. The minimum absolute atomic E-state index is 0.568. The van der Waals surface area contributed by atoms with E-state index in [1.807, 2.05) is 6.21 Å². The van der Waals surface area contributed by atoms with Crippen LogP contribution in [-0.4, -0.2) is 12.9 Å². The van der Waals surface area contributed by atoms with Gasteiger partial charge >= 0.3 is 0 Å². The Morgan fingerprint density at radius 2 is 1.92 bits per heavy atom. The van der Waals surface area contributed by atoms with Crippen molar-refractivity contribution in [2.45, 2.75) is 27.7 Å². The van der Waals surface area contributed by atoms with E-state index in [-0.39, 0.29) is 0 Å². The molecular weight excluding hydrogens is 148 g/mol. The molecule has 2 heteroatoms. The van der Waals surface area contributed by atoms with Gasteiger partial charge in [0.2, 0.25) is 0 Å². The first-order valence-corrected chi connectivity index (χ1v) is 4.60. The molecule has 1 aliphatic rings. The van der Waals surface area contributed by atoms with Gasteiger partial charge < -0.3 is 5.32 Å². The molecule has 0 aromatic heterocycles. The predicted octanol–water partition coefficient (Wildman–Crippen LogP) is 2.18. The molecule has 12 heavy (non-hydrogen) atoms. The topological polar surface area (TPSA) is 24.4 Å². The third-order valence-corrected chi connectivity index (χ3v) is 2.10. The van der Waals surface area contributed by atoms with Crippen molar-refractivity contribution >= 4 is 6.21 Å². The summed E-state index contributed by atoms with van der Waals surface area (Å²) >= 11 is 0. The Morgan fingerprint density at radius 1 is 1.25 bits per heavy atom. The van der Waals surface area contributed by atoms with Crippen molar-refractivity contribution in [3.8, 4) is 0 Å². The number of nitrogens with zero attached hydrogens (tertiary/aromatic N) is 1. The average molecular weight is 166 g/mol. The van der Waals surface area contributed by atoms with Crippen LogP contribution in [0.5, 0.6) is 0 Å². The summed E-state index contributed by atoms with van der Waals surface area (Å²) in [6, 6.07) is 0. The molecule has 0 aromatic carbocycles. The lowest BCUT2D eigenvalue weighted by Crippen LogP contribution is -2.25. The molecule has 1 aliphatic heterocycles. The quantitative estimate of drug-likeness (QED) is 0.668. The van der Waals surface area contributed by atoms with Gasteiger partial charge in [-0.2, -0.15) is 0 Å². The highest BCUT2D eigenvalue weighted by Gasteiger charge is 2.13. The van der Waals surface area contributed by atoms with Gasteiger partial charge in [-0.05, 0) is 17.4 Å². The standard InChI is InChI=1S/C10H18N2/c1-7(2)9-5-11-6-12-10(9)8(3)4/h5,7-8,12H,6H2,1-4H3. The summed E-state index contributed by atoms with van der Waals surface area (Å²) in [5, 5.41) is 3.33. The third-order valence-electron chi connectivity index (χ3n) is 2.10. The van der Waals surface area contributed by atoms with E-state index in [2.05, 4.69) is 38.0 Å². The van der Waals surface area contributed by atoms with Crippen LogP contribution in [0, 0.1) is 11.8 Å². The van der Waals surface area contributed by atoms with E-state index in [4.69, 9.17) is 0 Å². The molecule has 0 bridgehead atoms. The van der Waals surface area contributed by atoms with Gasteiger partial charge in [0.25, 0.3) is 0 Å². The number of aliphatic imine (C=N–C) groups is 1. The third kappa shape index (κ3) is 1.87. The van der Waals surface area contributed by atoms with Crippen LogP contribution >= 0.6 is 0 Å². The van der Waals surface area contributed by atoms with Gasteiger partial charge in [0.05, 0.1) is 0 Å². The van der Waals surface area contributed by atoms with Crippen LogP contribution in [-0.2, 0) is 0 Å². The summed E-state index contributed by atoms with van der Waals surface area (Å²) < 4.78 is 0. The lowest BCUT2D eigenvalue weighted by molar-refractivity contribution is 0.621. The van der Waals surface area contributed by atoms with Gasteiger partial charge in [-0.3, -0.25) is 4.99 Å². The molecule has 1 N–H and O–H groups in total. The predicted molar refractivity (Wildman–Crippen MR) is 53.2 cm³/mol. The fourth-order valence-electron chi connectivity index (χ4n) is 1.44. The summed E-state index contributed by atoms with van der Waals surface area (Å²) in [6.07, 6.45) is 2.01. The molecule has 0 spiro atoms. The molecule has 0 saturated heterocycles. The maximum absolute atomic E-state index is 4.22. The lowest BCUT2D eigenvalue weighted by Gasteiger charge is -2.22. The fraction of sp³-hybridized carbons (Fsp3) is 0.700. The second kappa shape index (κ2) is 3.74. The molecule has 68 valence electrons. The number of hydrogen-bond donors (Lipinski definition) is 1. The van der Waals surface area contributed by atoms with Crippen molar-refractivity contribution < 1.29 is 0 Å². The van der Waals surface area contributed by atoms with Crippen molar-refractivity contribution in [1.82, 2.24) is 5.32 Å². The van der Waals surface area contributed by atoms with E-state index in [9.17, 15) is 0 Å². The van der Waals surface area contributed by atoms with Crippen LogP contribution in [0.2, 0.25) is 0 Å². The van der Waals surface area contributed by atoms with Gasteiger partial charge in [-0.25, -0.2) is 0 Å². The molecular formula is C10H18N2. The van der Waals surface area contributed by atoms with Crippen LogP contribution in [0.15, 0.2) is 16.3 Å². The van der Waals surface area contributed by atoms with E-state index < -0.39 is 0 Å². The first-order valence-electron chi connectivity index (χ1n) is 4.60. The van der Waals surface area contributed by atoms with Gasteiger partial charge in [0.15, 0.2) is 0 Å². The maximum atomic E-state index is 4.22. The SMILES string of the molecule is CC(C)C1=C(C(C)C)NCN=C1. The Hall–Kier alpha value is -0.790. The van der Waals surface area contributed by atoms with Crippen LogP contribution in [0.3, 0.4) is 0 Å². The first kappa shape index (κ1) is 9.30. The van der Waals surface area contributed by atoms with Crippen LogP contribution in [0.1, 0.15) is 27.7 Å². The smallest absolute Gasteiger partial charge is 0.107 e. The Balaban J connectivity index is 2.92. The van der Waals surface area contributed by atoms with E-state index in [1.165, 1.54) is 11.3 Å².